The van der Waals surface area contributed by atoms with Crippen LogP contribution < -0.4 is 11.1 Å². The van der Waals surface area contributed by atoms with Crippen LogP contribution in [0, 0.1) is 12.7 Å². The van der Waals surface area contributed by atoms with Gasteiger partial charge in [-0.05, 0) is 24.6 Å². The molecule has 0 aliphatic rings. The van der Waals surface area contributed by atoms with Gasteiger partial charge in [-0.2, -0.15) is 0 Å². The molecule has 2 aromatic rings. The fourth-order valence-corrected chi connectivity index (χ4v) is 1.56. The van der Waals surface area contributed by atoms with E-state index in [2.05, 4.69) is 15.0 Å². The molecular weight excluding hydrogens is 237 g/mol. The van der Waals surface area contributed by atoms with E-state index in [1.807, 2.05) is 0 Å². The predicted molar refractivity (Wildman–Crippen MR) is 63.2 cm³/mol. The third kappa shape index (κ3) is 2.48. The molecule has 3 N–H and O–H groups in total. The monoisotopic (exact) mass is 249 g/mol. The molecule has 0 radical (unpaired) electrons. The summed E-state index contributed by atoms with van der Waals surface area (Å²) >= 11 is 0. The van der Waals surface area contributed by atoms with Gasteiger partial charge >= 0.3 is 0 Å². The van der Waals surface area contributed by atoms with E-state index in [1.165, 1.54) is 18.4 Å². The fraction of sp³-hybridized carbons (Fsp3) is 0.167. The van der Waals surface area contributed by atoms with Gasteiger partial charge in [0.1, 0.15) is 17.8 Å². The number of nitrogens with one attached hydrogen (secondary N) is 1. The van der Waals surface area contributed by atoms with E-state index in [4.69, 9.17) is 5.73 Å². The highest BCUT2D eigenvalue weighted by molar-refractivity contribution is 5.95. The lowest BCUT2D eigenvalue weighted by Crippen LogP contribution is -2.24. The number of carbonyl (C=O) groups excluding carboxylic acids is 1. The molecule has 1 heterocycles. The van der Waals surface area contributed by atoms with Gasteiger partial charge in [0, 0.05) is 11.8 Å². The Morgan fingerprint density at radius 3 is 3.00 bits per heavy atom. The zero-order valence-electron chi connectivity index (χ0n) is 9.74. The van der Waals surface area contributed by atoms with Crippen LogP contribution in [0.25, 0.3) is 0 Å². The SMILES string of the molecule is Cc1cc(N)cc(C(=O)NCc2ccon2)c1F. The molecule has 1 aromatic heterocycles. The van der Waals surface area contributed by atoms with Crippen LogP contribution in [-0.2, 0) is 6.54 Å². The number of nitrogens with zero attached hydrogens (tertiary/aromatic N) is 1. The first-order chi connectivity index (χ1) is 8.58. The van der Waals surface area contributed by atoms with Crippen molar-refractivity contribution in [3.8, 4) is 0 Å². The van der Waals surface area contributed by atoms with Crippen LogP contribution in [0.15, 0.2) is 29.0 Å². The molecule has 5 nitrogen and oxygen atoms in total. The van der Waals surface area contributed by atoms with Crippen molar-refractivity contribution in [2.75, 3.05) is 5.73 Å². The molecule has 0 atom stereocenters. The Bertz CT molecular complexity index is 567. The summed E-state index contributed by atoms with van der Waals surface area (Å²) in [5.74, 6) is -1.10. The molecule has 94 valence electrons. The minimum absolute atomic E-state index is 0.0732. The summed E-state index contributed by atoms with van der Waals surface area (Å²) < 4.78 is 18.4. The Morgan fingerprint density at radius 2 is 2.33 bits per heavy atom. The van der Waals surface area contributed by atoms with Crippen molar-refractivity contribution in [2.24, 2.45) is 0 Å². The molecule has 0 bridgehead atoms. The van der Waals surface area contributed by atoms with Crippen molar-refractivity contribution in [2.45, 2.75) is 13.5 Å². The molecule has 0 spiro atoms. The maximum absolute atomic E-state index is 13.7. The molecular formula is C12H12FN3O2. The molecule has 6 heteroatoms. The number of nitrogens with two attached hydrogens (primary N) is 1. The van der Waals surface area contributed by atoms with E-state index in [0.29, 0.717) is 16.9 Å². The summed E-state index contributed by atoms with van der Waals surface area (Å²) in [7, 11) is 0. The maximum atomic E-state index is 13.7. The van der Waals surface area contributed by atoms with Crippen LogP contribution in [0.1, 0.15) is 21.6 Å². The van der Waals surface area contributed by atoms with Gasteiger partial charge in [-0.3, -0.25) is 4.79 Å². The molecule has 0 fully saturated rings. The zero-order valence-corrected chi connectivity index (χ0v) is 9.74. The quantitative estimate of drug-likeness (QED) is 0.810. The normalized spacial score (nSPS) is 10.3. The Labute approximate surface area is 103 Å². The summed E-state index contributed by atoms with van der Waals surface area (Å²) in [6.45, 7) is 1.72. The Morgan fingerprint density at radius 1 is 1.56 bits per heavy atom. The lowest BCUT2D eigenvalue weighted by atomic mass is 10.1. The highest BCUT2D eigenvalue weighted by atomic mass is 19.1. The second-order valence-electron chi connectivity index (χ2n) is 3.87. The number of carbonyl (C=O) groups is 1. The average Bonchev–Trinajstić information content (AvgIpc) is 2.83. The molecule has 0 aliphatic carbocycles. The third-order valence-corrected chi connectivity index (χ3v) is 2.44. The zero-order chi connectivity index (χ0) is 13.1. The minimum Gasteiger partial charge on any atom is -0.399 e. The first-order valence-electron chi connectivity index (χ1n) is 5.31. The van der Waals surface area contributed by atoms with Gasteiger partial charge < -0.3 is 15.6 Å². The summed E-state index contributed by atoms with van der Waals surface area (Å²) in [6.07, 6.45) is 1.40. The van der Waals surface area contributed by atoms with E-state index in [-0.39, 0.29) is 12.1 Å². The van der Waals surface area contributed by atoms with Gasteiger partial charge in [0.15, 0.2) is 0 Å². The molecule has 2 rings (SSSR count). The van der Waals surface area contributed by atoms with E-state index < -0.39 is 11.7 Å². The summed E-state index contributed by atoms with van der Waals surface area (Å²) in [5, 5.41) is 6.17. The lowest BCUT2D eigenvalue weighted by Gasteiger charge is -2.07. The van der Waals surface area contributed by atoms with Gasteiger partial charge in [-0.25, -0.2) is 4.39 Å². The number of hydrogen-bond donors (Lipinski definition) is 2. The number of rotatable bonds is 3. The van der Waals surface area contributed by atoms with Crippen LogP contribution in [0.3, 0.4) is 0 Å². The lowest BCUT2D eigenvalue weighted by molar-refractivity contribution is 0.0946. The smallest absolute Gasteiger partial charge is 0.254 e. The second-order valence-corrected chi connectivity index (χ2v) is 3.87. The molecule has 1 aromatic carbocycles. The van der Waals surface area contributed by atoms with Gasteiger partial charge in [-0.1, -0.05) is 5.16 Å². The van der Waals surface area contributed by atoms with E-state index >= 15 is 0 Å². The molecule has 1 amide bonds. The number of halogens is 1. The summed E-state index contributed by atoms with van der Waals surface area (Å²) in [4.78, 5) is 11.8. The number of hydrogen-bond acceptors (Lipinski definition) is 4. The Kier molecular flexibility index (Phi) is 3.27. The Balaban J connectivity index is 2.14. The van der Waals surface area contributed by atoms with Gasteiger partial charge in [0.2, 0.25) is 0 Å². The van der Waals surface area contributed by atoms with Crippen LogP contribution in [-0.4, -0.2) is 11.1 Å². The highest BCUT2D eigenvalue weighted by Gasteiger charge is 2.14. The number of anilines is 1. The number of nitrogen functional groups attached to an aromatic ring is 1. The summed E-state index contributed by atoms with van der Waals surface area (Å²) in [5.41, 5.74) is 6.75. The van der Waals surface area contributed by atoms with E-state index in [1.54, 1.807) is 13.0 Å². The number of amides is 1. The van der Waals surface area contributed by atoms with Gasteiger partial charge in [-0.15, -0.1) is 0 Å². The standard InChI is InChI=1S/C12H12FN3O2/c1-7-4-8(14)5-10(11(7)13)12(17)15-6-9-2-3-18-16-9/h2-5H,6,14H2,1H3,(H,15,17). The fourth-order valence-electron chi connectivity index (χ4n) is 1.56. The number of benzene rings is 1. The molecule has 0 saturated heterocycles. The van der Waals surface area contributed by atoms with Crippen molar-refractivity contribution in [3.63, 3.8) is 0 Å². The largest absolute Gasteiger partial charge is 0.399 e. The molecule has 0 aliphatic heterocycles. The average molecular weight is 249 g/mol. The maximum Gasteiger partial charge on any atom is 0.254 e. The topological polar surface area (TPSA) is 81.2 Å². The van der Waals surface area contributed by atoms with Crippen LogP contribution in [0.2, 0.25) is 0 Å². The highest BCUT2D eigenvalue weighted by Crippen LogP contribution is 2.17. The van der Waals surface area contributed by atoms with Crippen molar-refractivity contribution >= 4 is 11.6 Å². The summed E-state index contributed by atoms with van der Waals surface area (Å²) in [6, 6.07) is 4.39. The molecule has 0 unspecified atom stereocenters. The van der Waals surface area contributed by atoms with Crippen molar-refractivity contribution in [1.82, 2.24) is 10.5 Å². The Hall–Kier alpha value is -2.37. The molecule has 18 heavy (non-hydrogen) atoms. The first kappa shape index (κ1) is 12.1. The van der Waals surface area contributed by atoms with Crippen LogP contribution in [0.5, 0.6) is 0 Å². The third-order valence-electron chi connectivity index (χ3n) is 2.44. The van der Waals surface area contributed by atoms with Crippen LogP contribution >= 0.6 is 0 Å². The number of aryl methyl sites for hydroxylation is 1. The van der Waals surface area contributed by atoms with Gasteiger partial charge in [0.25, 0.3) is 5.91 Å². The van der Waals surface area contributed by atoms with E-state index in [0.717, 1.165) is 0 Å². The van der Waals surface area contributed by atoms with Crippen molar-refractivity contribution in [1.29, 1.82) is 0 Å². The van der Waals surface area contributed by atoms with Gasteiger partial charge in [0.05, 0.1) is 12.1 Å². The number of aromatic nitrogens is 1. The van der Waals surface area contributed by atoms with Crippen LogP contribution in [0.4, 0.5) is 10.1 Å². The second kappa shape index (κ2) is 4.87. The minimum atomic E-state index is -0.568. The van der Waals surface area contributed by atoms with Crippen molar-refractivity contribution in [3.05, 3.63) is 47.1 Å². The van der Waals surface area contributed by atoms with Crippen molar-refractivity contribution < 1.29 is 13.7 Å². The van der Waals surface area contributed by atoms with E-state index in [9.17, 15) is 9.18 Å². The molecule has 0 saturated carbocycles. The first-order valence-corrected chi connectivity index (χ1v) is 5.31. The predicted octanol–water partition coefficient (Wildman–Crippen LogP) is 1.63.